The number of anilines is 2. The Balaban J connectivity index is 2.30. The van der Waals surface area contributed by atoms with Gasteiger partial charge in [-0.3, -0.25) is 4.79 Å². The van der Waals surface area contributed by atoms with Crippen molar-refractivity contribution >= 4 is 28.9 Å². The Morgan fingerprint density at radius 1 is 1.20 bits per heavy atom. The molecule has 0 aromatic heterocycles. The number of rotatable bonds is 2. The highest BCUT2D eigenvalue weighted by Crippen LogP contribution is 2.24. The van der Waals surface area contributed by atoms with E-state index < -0.39 is 11.7 Å². The molecule has 0 bridgehead atoms. The van der Waals surface area contributed by atoms with E-state index in [2.05, 4.69) is 5.32 Å². The van der Waals surface area contributed by atoms with Crippen LogP contribution >= 0.6 is 11.6 Å². The molecule has 5 heteroatoms. The molecule has 2 aromatic carbocycles. The summed E-state index contributed by atoms with van der Waals surface area (Å²) in [5, 5.41) is 2.80. The van der Waals surface area contributed by atoms with Crippen molar-refractivity contribution in [1.82, 2.24) is 0 Å². The van der Waals surface area contributed by atoms with E-state index in [1.807, 2.05) is 19.9 Å². The first kappa shape index (κ1) is 14.3. The van der Waals surface area contributed by atoms with Gasteiger partial charge in [0.15, 0.2) is 0 Å². The summed E-state index contributed by atoms with van der Waals surface area (Å²) in [4.78, 5) is 12.1. The predicted molar refractivity (Wildman–Crippen MR) is 79.7 cm³/mol. The molecule has 2 aromatic rings. The van der Waals surface area contributed by atoms with Gasteiger partial charge in [-0.05, 0) is 49.2 Å². The number of benzene rings is 2. The molecular weight excluding hydrogens is 279 g/mol. The molecule has 0 saturated heterocycles. The molecule has 0 unspecified atom stereocenters. The Kier molecular flexibility index (Phi) is 3.95. The largest absolute Gasteiger partial charge is 0.398 e. The highest BCUT2D eigenvalue weighted by atomic mass is 35.5. The summed E-state index contributed by atoms with van der Waals surface area (Å²) in [7, 11) is 0. The van der Waals surface area contributed by atoms with E-state index >= 15 is 0 Å². The van der Waals surface area contributed by atoms with Gasteiger partial charge in [0.25, 0.3) is 5.91 Å². The number of nitrogens with one attached hydrogen (secondary N) is 1. The summed E-state index contributed by atoms with van der Waals surface area (Å²) >= 11 is 5.86. The fourth-order valence-corrected chi connectivity index (χ4v) is 2.12. The number of hydrogen-bond donors (Lipinski definition) is 2. The zero-order chi connectivity index (χ0) is 14.9. The number of carbonyl (C=O) groups is 1. The van der Waals surface area contributed by atoms with Crippen LogP contribution in [-0.4, -0.2) is 5.91 Å². The maximum atomic E-state index is 13.0. The van der Waals surface area contributed by atoms with Crippen LogP contribution in [0.25, 0.3) is 0 Å². The van der Waals surface area contributed by atoms with E-state index in [0.717, 1.165) is 17.2 Å². The Morgan fingerprint density at radius 3 is 2.55 bits per heavy atom. The van der Waals surface area contributed by atoms with Crippen LogP contribution in [0.4, 0.5) is 15.8 Å². The first-order valence-corrected chi connectivity index (χ1v) is 6.39. The third kappa shape index (κ3) is 2.91. The van der Waals surface area contributed by atoms with Gasteiger partial charge in [0.2, 0.25) is 0 Å². The number of hydrogen-bond acceptors (Lipinski definition) is 2. The van der Waals surface area contributed by atoms with Crippen molar-refractivity contribution in [2.75, 3.05) is 11.1 Å². The average molecular weight is 293 g/mol. The van der Waals surface area contributed by atoms with Crippen LogP contribution in [0.15, 0.2) is 30.3 Å². The van der Waals surface area contributed by atoms with Gasteiger partial charge in [0.05, 0.1) is 10.6 Å². The van der Waals surface area contributed by atoms with Crippen LogP contribution in [0.2, 0.25) is 5.02 Å². The van der Waals surface area contributed by atoms with Gasteiger partial charge in [-0.15, -0.1) is 0 Å². The Hall–Kier alpha value is -2.07. The second-order valence-corrected chi connectivity index (χ2v) is 5.01. The topological polar surface area (TPSA) is 55.1 Å². The zero-order valence-electron chi connectivity index (χ0n) is 11.1. The number of nitrogen functional groups attached to an aromatic ring is 1. The van der Waals surface area contributed by atoms with E-state index in [-0.39, 0.29) is 10.6 Å². The van der Waals surface area contributed by atoms with Gasteiger partial charge in [0, 0.05) is 11.4 Å². The van der Waals surface area contributed by atoms with Crippen molar-refractivity contribution in [1.29, 1.82) is 0 Å². The molecule has 20 heavy (non-hydrogen) atoms. The molecule has 0 saturated carbocycles. The highest BCUT2D eigenvalue weighted by Gasteiger charge is 2.13. The molecule has 0 spiro atoms. The Morgan fingerprint density at radius 2 is 1.90 bits per heavy atom. The lowest BCUT2D eigenvalue weighted by molar-refractivity contribution is 0.102. The summed E-state index contributed by atoms with van der Waals surface area (Å²) in [6.07, 6.45) is 0. The van der Waals surface area contributed by atoms with Crippen molar-refractivity contribution in [2.24, 2.45) is 0 Å². The van der Waals surface area contributed by atoms with Crippen molar-refractivity contribution in [3.63, 3.8) is 0 Å². The summed E-state index contributed by atoms with van der Waals surface area (Å²) in [5.41, 5.74) is 9.08. The molecule has 0 radical (unpaired) electrons. The minimum absolute atomic E-state index is 0.0697. The quantitative estimate of drug-likeness (QED) is 0.824. The van der Waals surface area contributed by atoms with Crippen molar-refractivity contribution in [3.05, 3.63) is 57.9 Å². The van der Waals surface area contributed by atoms with E-state index in [1.165, 1.54) is 12.1 Å². The summed E-state index contributed by atoms with van der Waals surface area (Å²) in [6, 6.07) is 7.22. The molecule has 0 aliphatic carbocycles. The zero-order valence-corrected chi connectivity index (χ0v) is 11.9. The van der Waals surface area contributed by atoms with Gasteiger partial charge in [-0.25, -0.2) is 4.39 Å². The minimum atomic E-state index is -0.484. The molecular formula is C15H14ClFN2O. The van der Waals surface area contributed by atoms with E-state index in [9.17, 15) is 9.18 Å². The normalized spacial score (nSPS) is 10.4. The number of halogens is 2. The number of carbonyl (C=O) groups excluding carboxylic acids is 1. The lowest BCUT2D eigenvalue weighted by atomic mass is 10.1. The summed E-state index contributed by atoms with van der Waals surface area (Å²) in [6.45, 7) is 3.76. The highest BCUT2D eigenvalue weighted by molar-refractivity contribution is 6.34. The van der Waals surface area contributed by atoms with Crippen molar-refractivity contribution in [2.45, 2.75) is 13.8 Å². The number of aryl methyl sites for hydroxylation is 2. The van der Waals surface area contributed by atoms with Gasteiger partial charge >= 0.3 is 0 Å². The van der Waals surface area contributed by atoms with E-state index in [4.69, 9.17) is 17.3 Å². The predicted octanol–water partition coefficient (Wildman–Crippen LogP) is 3.93. The third-order valence-corrected chi connectivity index (χ3v) is 3.35. The smallest absolute Gasteiger partial charge is 0.257 e. The first-order chi connectivity index (χ1) is 9.38. The monoisotopic (exact) mass is 292 g/mol. The maximum absolute atomic E-state index is 13.0. The minimum Gasteiger partial charge on any atom is -0.398 e. The first-order valence-electron chi connectivity index (χ1n) is 6.01. The lowest BCUT2D eigenvalue weighted by Gasteiger charge is -2.12. The van der Waals surface area contributed by atoms with Gasteiger partial charge in [-0.2, -0.15) is 0 Å². The molecule has 0 atom stereocenters. The molecule has 2 rings (SSSR count). The van der Waals surface area contributed by atoms with Gasteiger partial charge in [0.1, 0.15) is 5.82 Å². The Labute approximate surface area is 121 Å². The van der Waals surface area contributed by atoms with E-state index in [0.29, 0.717) is 11.4 Å². The lowest BCUT2D eigenvalue weighted by Crippen LogP contribution is -2.14. The molecule has 0 aliphatic rings. The Bertz CT molecular complexity index is 686. The second kappa shape index (κ2) is 5.51. The van der Waals surface area contributed by atoms with Crippen molar-refractivity contribution in [3.8, 4) is 0 Å². The molecule has 1 amide bonds. The molecule has 0 heterocycles. The molecule has 0 fully saturated rings. The molecule has 0 aliphatic heterocycles. The van der Waals surface area contributed by atoms with Crippen LogP contribution < -0.4 is 11.1 Å². The number of nitrogens with two attached hydrogens (primary N) is 1. The molecule has 104 valence electrons. The SMILES string of the molecule is Cc1cc(C)c(NC(=O)c2ccc(F)cc2Cl)cc1N. The van der Waals surface area contributed by atoms with Gasteiger partial charge < -0.3 is 11.1 Å². The van der Waals surface area contributed by atoms with Crippen LogP contribution in [-0.2, 0) is 0 Å². The van der Waals surface area contributed by atoms with Crippen LogP contribution in [0.3, 0.4) is 0 Å². The fourth-order valence-electron chi connectivity index (χ4n) is 1.87. The third-order valence-electron chi connectivity index (χ3n) is 3.04. The fraction of sp³-hybridized carbons (Fsp3) is 0.133. The molecule has 3 N–H and O–H groups in total. The standard InChI is InChI=1S/C15H14ClFN2O/c1-8-5-9(2)14(7-13(8)18)19-15(20)11-4-3-10(17)6-12(11)16/h3-7H,18H2,1-2H3,(H,19,20). The van der Waals surface area contributed by atoms with Crippen LogP contribution in [0, 0.1) is 19.7 Å². The average Bonchev–Trinajstić information content (AvgIpc) is 2.35. The molecule has 3 nitrogen and oxygen atoms in total. The maximum Gasteiger partial charge on any atom is 0.257 e. The summed E-state index contributed by atoms with van der Waals surface area (Å²) in [5.74, 6) is -0.885. The van der Waals surface area contributed by atoms with Crippen LogP contribution in [0.5, 0.6) is 0 Å². The van der Waals surface area contributed by atoms with E-state index in [1.54, 1.807) is 6.07 Å². The number of amides is 1. The van der Waals surface area contributed by atoms with Crippen molar-refractivity contribution < 1.29 is 9.18 Å². The second-order valence-electron chi connectivity index (χ2n) is 4.60. The van der Waals surface area contributed by atoms with Gasteiger partial charge in [-0.1, -0.05) is 17.7 Å². The van der Waals surface area contributed by atoms with Crippen LogP contribution in [0.1, 0.15) is 21.5 Å². The summed E-state index contributed by atoms with van der Waals surface area (Å²) < 4.78 is 13.0.